The number of hydrogen-bond acceptors (Lipinski definition) is 0. The van der Waals surface area contributed by atoms with Gasteiger partial charge in [0.1, 0.15) is 0 Å². The summed E-state index contributed by atoms with van der Waals surface area (Å²) in [4.78, 5) is 0.230. The van der Waals surface area contributed by atoms with Gasteiger partial charge in [0.15, 0.2) is 0 Å². The van der Waals surface area contributed by atoms with Crippen molar-refractivity contribution in [1.82, 2.24) is 0 Å². The van der Waals surface area contributed by atoms with Gasteiger partial charge in [-0.2, -0.15) is 0 Å². The molecule has 0 N–H and O–H groups in total. The molecule has 0 radical (unpaired) electrons. The van der Waals surface area contributed by atoms with E-state index in [1.807, 2.05) is 0 Å². The van der Waals surface area contributed by atoms with Crippen molar-refractivity contribution in [2.24, 2.45) is 0 Å². The molecule has 0 saturated carbocycles. The van der Waals surface area contributed by atoms with Gasteiger partial charge < -0.3 is 0 Å². The van der Waals surface area contributed by atoms with Gasteiger partial charge in [-0.3, -0.25) is 0 Å². The molecular weight excluding hydrogens is 308 g/mol. The topological polar surface area (TPSA) is 0 Å². The highest BCUT2D eigenvalue weighted by Gasteiger charge is 2.15. The molecule has 20 heavy (non-hydrogen) atoms. The number of hydrogen-bond donors (Lipinski definition) is 0. The van der Waals surface area contributed by atoms with Gasteiger partial charge in [-0.25, -0.2) is 0 Å². The molecule has 1 unspecified atom stereocenters. The molecule has 0 amide bonds. The Kier molecular flexibility index (Phi) is 3.62. The molecule has 0 fully saturated rings. The second kappa shape index (κ2) is 5.41. The second-order valence-electron chi connectivity index (χ2n) is 5.29. The highest BCUT2D eigenvalue weighted by Crippen LogP contribution is 2.37. The molecule has 0 aliphatic carbocycles. The fraction of sp³-hybridized carbons (Fsp3) is 0.158. The van der Waals surface area contributed by atoms with Crippen molar-refractivity contribution in [1.29, 1.82) is 0 Å². The van der Waals surface area contributed by atoms with Gasteiger partial charge in [-0.15, -0.1) is 0 Å². The maximum Gasteiger partial charge on any atom is 0.0653 e. The van der Waals surface area contributed by atoms with Crippen molar-refractivity contribution >= 4 is 26.7 Å². The summed E-state index contributed by atoms with van der Waals surface area (Å²) in [5.74, 6) is 0. The van der Waals surface area contributed by atoms with Crippen molar-refractivity contribution in [2.45, 2.75) is 18.7 Å². The summed E-state index contributed by atoms with van der Waals surface area (Å²) in [6, 6.07) is 21.7. The van der Waals surface area contributed by atoms with Gasteiger partial charge in [-0.1, -0.05) is 82.2 Å². The highest BCUT2D eigenvalue weighted by molar-refractivity contribution is 9.09. The number of halogens is 1. The van der Waals surface area contributed by atoms with E-state index in [4.69, 9.17) is 0 Å². The van der Waals surface area contributed by atoms with Crippen LogP contribution in [0.4, 0.5) is 0 Å². The molecule has 3 aromatic carbocycles. The zero-order valence-electron chi connectivity index (χ0n) is 11.7. The second-order valence-corrected chi connectivity index (χ2v) is 6.21. The lowest BCUT2D eigenvalue weighted by Gasteiger charge is -2.16. The predicted octanol–water partition coefficient (Wildman–Crippen LogP) is 5.94. The molecule has 3 aromatic rings. The van der Waals surface area contributed by atoms with Gasteiger partial charge in [0, 0.05) is 0 Å². The maximum absolute atomic E-state index is 3.90. The van der Waals surface area contributed by atoms with Gasteiger partial charge in [0.05, 0.1) is 4.83 Å². The van der Waals surface area contributed by atoms with E-state index in [1.165, 1.54) is 33.0 Å². The highest BCUT2D eigenvalue weighted by atomic mass is 79.9. The van der Waals surface area contributed by atoms with Crippen LogP contribution >= 0.6 is 15.9 Å². The molecule has 0 aliphatic heterocycles. The largest absolute Gasteiger partial charge is 0.0786 e. The van der Waals surface area contributed by atoms with Gasteiger partial charge in [-0.05, 0) is 41.3 Å². The van der Waals surface area contributed by atoms with Crippen LogP contribution in [0.5, 0.6) is 0 Å². The summed E-state index contributed by atoms with van der Waals surface area (Å²) in [6.45, 7) is 4.32. The molecule has 1 heteroatoms. The first-order chi connectivity index (χ1) is 9.66. The van der Waals surface area contributed by atoms with Crippen molar-refractivity contribution in [3.05, 3.63) is 82.9 Å². The summed E-state index contributed by atoms with van der Waals surface area (Å²) in [6.07, 6.45) is 0. The van der Waals surface area contributed by atoms with Crippen LogP contribution in [-0.4, -0.2) is 0 Å². The standard InChI is InChI=1S/C19H17Br/c1-13-10-11-14(2)18(12-13)19(20)17-9-5-7-15-6-3-4-8-16(15)17/h3-12,19H,1-2H3. The zero-order valence-corrected chi connectivity index (χ0v) is 13.3. The number of aryl methyl sites for hydroxylation is 2. The van der Waals surface area contributed by atoms with E-state index < -0.39 is 0 Å². The lowest BCUT2D eigenvalue weighted by Crippen LogP contribution is -1.97. The smallest absolute Gasteiger partial charge is 0.0653 e. The minimum atomic E-state index is 0.230. The van der Waals surface area contributed by atoms with Crippen molar-refractivity contribution in [2.75, 3.05) is 0 Å². The average molecular weight is 325 g/mol. The first-order valence-electron chi connectivity index (χ1n) is 6.85. The monoisotopic (exact) mass is 324 g/mol. The van der Waals surface area contributed by atoms with Crippen LogP contribution in [0.25, 0.3) is 10.8 Å². The third-order valence-corrected chi connectivity index (χ3v) is 4.79. The fourth-order valence-corrected chi connectivity index (χ4v) is 3.56. The van der Waals surface area contributed by atoms with Crippen LogP contribution in [0.1, 0.15) is 27.1 Å². The first kappa shape index (κ1) is 13.4. The van der Waals surface area contributed by atoms with E-state index in [-0.39, 0.29) is 4.83 Å². The van der Waals surface area contributed by atoms with Crippen LogP contribution < -0.4 is 0 Å². The van der Waals surface area contributed by atoms with Crippen molar-refractivity contribution in [3.63, 3.8) is 0 Å². The lowest BCUT2D eigenvalue weighted by molar-refractivity contribution is 1.15. The van der Waals surface area contributed by atoms with Gasteiger partial charge >= 0.3 is 0 Å². The lowest BCUT2D eigenvalue weighted by atomic mass is 9.95. The van der Waals surface area contributed by atoms with E-state index in [0.717, 1.165) is 0 Å². The molecule has 0 bridgehead atoms. The minimum Gasteiger partial charge on any atom is -0.0786 e. The quantitative estimate of drug-likeness (QED) is 0.511. The molecule has 0 heterocycles. The Balaban J connectivity index is 2.17. The van der Waals surface area contributed by atoms with E-state index >= 15 is 0 Å². The number of benzene rings is 3. The summed E-state index contributed by atoms with van der Waals surface area (Å²) < 4.78 is 0. The van der Waals surface area contributed by atoms with E-state index in [9.17, 15) is 0 Å². The third kappa shape index (κ3) is 2.38. The van der Waals surface area contributed by atoms with Crippen molar-refractivity contribution < 1.29 is 0 Å². The van der Waals surface area contributed by atoms with Gasteiger partial charge in [0.25, 0.3) is 0 Å². The summed E-state index contributed by atoms with van der Waals surface area (Å²) >= 11 is 3.90. The molecule has 0 nitrogen and oxygen atoms in total. The molecule has 0 saturated heterocycles. The van der Waals surface area contributed by atoms with E-state index in [2.05, 4.69) is 90.4 Å². The van der Waals surface area contributed by atoms with Crippen LogP contribution in [0.3, 0.4) is 0 Å². The average Bonchev–Trinajstić information content (AvgIpc) is 2.48. The number of fused-ring (bicyclic) bond motifs is 1. The fourth-order valence-electron chi connectivity index (χ4n) is 2.67. The van der Waals surface area contributed by atoms with E-state index in [1.54, 1.807) is 0 Å². The SMILES string of the molecule is Cc1ccc(C)c(C(Br)c2cccc3ccccc23)c1. The predicted molar refractivity (Wildman–Crippen MR) is 90.6 cm³/mol. The maximum atomic E-state index is 3.90. The molecule has 0 aliphatic rings. The van der Waals surface area contributed by atoms with Gasteiger partial charge in [0.2, 0.25) is 0 Å². The Morgan fingerprint density at radius 2 is 1.55 bits per heavy atom. The number of alkyl halides is 1. The Morgan fingerprint density at radius 1 is 0.800 bits per heavy atom. The van der Waals surface area contributed by atoms with Crippen molar-refractivity contribution in [3.8, 4) is 0 Å². The van der Waals surface area contributed by atoms with Crippen LogP contribution in [0.2, 0.25) is 0 Å². The summed E-state index contributed by atoms with van der Waals surface area (Å²) in [5, 5.41) is 2.61. The molecule has 100 valence electrons. The molecule has 3 rings (SSSR count). The Morgan fingerprint density at radius 3 is 2.40 bits per heavy atom. The zero-order chi connectivity index (χ0) is 14.1. The normalized spacial score (nSPS) is 12.6. The van der Waals surface area contributed by atoms with Crippen LogP contribution in [0.15, 0.2) is 60.7 Å². The summed E-state index contributed by atoms with van der Waals surface area (Å²) in [5.41, 5.74) is 5.30. The molecule has 1 atom stereocenters. The Bertz CT molecular complexity index is 753. The Hall–Kier alpha value is -1.60. The Labute approximate surface area is 128 Å². The van der Waals surface area contributed by atoms with Crippen LogP contribution in [-0.2, 0) is 0 Å². The summed E-state index contributed by atoms with van der Waals surface area (Å²) in [7, 11) is 0. The first-order valence-corrected chi connectivity index (χ1v) is 7.77. The minimum absolute atomic E-state index is 0.230. The molecular formula is C19H17Br. The third-order valence-electron chi connectivity index (χ3n) is 3.80. The number of rotatable bonds is 2. The van der Waals surface area contributed by atoms with Crippen LogP contribution in [0, 0.1) is 13.8 Å². The van der Waals surface area contributed by atoms with E-state index in [0.29, 0.717) is 0 Å². The molecule has 0 spiro atoms. The molecule has 0 aromatic heterocycles.